The molecule has 4 N–H and O–H groups in total. The molecule has 2 aromatic heterocycles. The van der Waals surface area contributed by atoms with Gasteiger partial charge in [-0.2, -0.15) is 0 Å². The van der Waals surface area contributed by atoms with Gasteiger partial charge in [-0.15, -0.1) is 0 Å². The van der Waals surface area contributed by atoms with E-state index in [0.717, 1.165) is 44.9 Å². The van der Waals surface area contributed by atoms with E-state index < -0.39 is 24.3 Å². The molecule has 2 aromatic carbocycles. The van der Waals surface area contributed by atoms with Crippen molar-refractivity contribution in [3.63, 3.8) is 0 Å². The molecule has 4 amide bonds. The maximum absolute atomic E-state index is 14.0. The number of nitrogens with zero attached hydrogens (tertiary/aromatic N) is 4. The standard InChI is InChI=1S/C45H56N8O8/c1-25(2)37(50-44(56)58-6)42(54)52-22-27(5)19-35(52)40-46-21-33(47-40)30-13-9-28(10-14-30)29-11-15-31(16-12-29)39-34-24-60-17-8-18-61-32-20-36(41(48-34)49-39)53(23-32)43(55)38(26(3)4)51-45(57)59-7/h9-16,21,25-26,32,35-38H,5,8,17-20,22-24H2,1-4,6-7H3,(H,46,47)(H,48,49)(H,50,56)(H,51,57)/t32-,35+,36-,37-,38-/m0/s1. The van der Waals surface area contributed by atoms with Gasteiger partial charge in [0, 0.05) is 38.3 Å². The van der Waals surface area contributed by atoms with E-state index in [4.69, 9.17) is 23.9 Å². The van der Waals surface area contributed by atoms with Gasteiger partial charge in [0.1, 0.15) is 23.7 Å². The molecular weight excluding hydrogens is 781 g/mol. The number of aromatic amines is 2. The van der Waals surface area contributed by atoms with Gasteiger partial charge in [-0.05, 0) is 41.4 Å². The monoisotopic (exact) mass is 836 g/mol. The minimum Gasteiger partial charge on any atom is -0.453 e. The summed E-state index contributed by atoms with van der Waals surface area (Å²) in [6.45, 7) is 13.8. The van der Waals surface area contributed by atoms with Gasteiger partial charge < -0.3 is 49.3 Å². The molecule has 2 fully saturated rings. The number of hydrogen-bond acceptors (Lipinski definition) is 10. The number of likely N-dealkylation sites (tertiary alicyclic amines) is 2. The smallest absolute Gasteiger partial charge is 0.407 e. The summed E-state index contributed by atoms with van der Waals surface area (Å²) in [5.41, 5.74) is 7.18. The Labute approximate surface area is 355 Å². The number of nitrogens with one attached hydrogen (secondary N) is 4. The Morgan fingerprint density at radius 2 is 1.38 bits per heavy atom. The van der Waals surface area contributed by atoms with Crippen molar-refractivity contribution in [3.8, 4) is 33.6 Å². The van der Waals surface area contributed by atoms with E-state index in [0.29, 0.717) is 63.8 Å². The number of benzene rings is 2. The molecule has 5 atom stereocenters. The number of hydrogen-bond donors (Lipinski definition) is 4. The van der Waals surface area contributed by atoms with Crippen LogP contribution < -0.4 is 10.6 Å². The summed E-state index contributed by atoms with van der Waals surface area (Å²) in [4.78, 5) is 72.1. The van der Waals surface area contributed by atoms with Crippen LogP contribution >= 0.6 is 0 Å². The van der Waals surface area contributed by atoms with Gasteiger partial charge in [-0.1, -0.05) is 88.4 Å². The van der Waals surface area contributed by atoms with Crippen molar-refractivity contribution in [2.45, 2.75) is 83.8 Å². The fourth-order valence-corrected chi connectivity index (χ4v) is 8.28. The van der Waals surface area contributed by atoms with Crippen molar-refractivity contribution in [2.75, 3.05) is 40.5 Å². The fraction of sp³-hybridized carbons (Fsp3) is 0.467. The van der Waals surface area contributed by atoms with Crippen LogP contribution in [0, 0.1) is 11.8 Å². The van der Waals surface area contributed by atoms with E-state index in [-0.39, 0.29) is 41.8 Å². The zero-order valence-electron chi connectivity index (χ0n) is 35.7. The largest absolute Gasteiger partial charge is 0.453 e. The van der Waals surface area contributed by atoms with E-state index in [1.807, 2.05) is 52.0 Å². The summed E-state index contributed by atoms with van der Waals surface area (Å²) in [5, 5.41) is 5.40. The normalized spacial score (nSPS) is 20.2. The van der Waals surface area contributed by atoms with Gasteiger partial charge in [-0.3, -0.25) is 9.59 Å². The van der Waals surface area contributed by atoms with Gasteiger partial charge in [-0.25, -0.2) is 19.6 Å². The van der Waals surface area contributed by atoms with Gasteiger partial charge in [0.2, 0.25) is 11.8 Å². The first-order chi connectivity index (χ1) is 29.3. The molecule has 0 unspecified atom stereocenters. The van der Waals surface area contributed by atoms with Gasteiger partial charge in [0.25, 0.3) is 0 Å². The molecule has 4 bridgehead atoms. The lowest BCUT2D eigenvalue weighted by molar-refractivity contribution is -0.136. The highest BCUT2D eigenvalue weighted by Gasteiger charge is 2.43. The maximum Gasteiger partial charge on any atom is 0.407 e. The van der Waals surface area contributed by atoms with Crippen LogP contribution in [0.1, 0.15) is 76.4 Å². The summed E-state index contributed by atoms with van der Waals surface area (Å²) < 4.78 is 21.8. The zero-order chi connectivity index (χ0) is 43.4. The molecule has 0 aliphatic carbocycles. The first-order valence-electron chi connectivity index (χ1n) is 20.9. The molecule has 3 aliphatic rings. The van der Waals surface area contributed by atoms with Crippen LogP contribution in [0.3, 0.4) is 0 Å². The predicted molar refractivity (Wildman–Crippen MR) is 227 cm³/mol. The number of amides is 4. The summed E-state index contributed by atoms with van der Waals surface area (Å²) >= 11 is 0. The van der Waals surface area contributed by atoms with Crippen LogP contribution in [-0.4, -0.2) is 112 Å². The number of alkyl carbamates (subject to hydrolysis) is 2. The van der Waals surface area contributed by atoms with Gasteiger partial charge in [0.15, 0.2) is 0 Å². The van der Waals surface area contributed by atoms with Crippen molar-refractivity contribution in [3.05, 3.63) is 84.2 Å². The zero-order valence-corrected chi connectivity index (χ0v) is 35.7. The topological polar surface area (TPSA) is 193 Å². The van der Waals surface area contributed by atoms with Gasteiger partial charge in [0.05, 0.1) is 62.3 Å². The maximum atomic E-state index is 14.0. The van der Waals surface area contributed by atoms with Crippen LogP contribution in [0.4, 0.5) is 9.59 Å². The Balaban J connectivity index is 1.08. The number of H-pyrrole nitrogens is 2. The third kappa shape index (κ3) is 9.50. The lowest BCUT2D eigenvalue weighted by atomic mass is 10.0. The molecular formula is C45H56N8O8. The molecule has 2 saturated heterocycles. The van der Waals surface area contributed by atoms with E-state index in [1.165, 1.54) is 14.2 Å². The third-order valence-electron chi connectivity index (χ3n) is 11.6. The Morgan fingerprint density at radius 3 is 1.98 bits per heavy atom. The van der Waals surface area contributed by atoms with E-state index >= 15 is 0 Å². The number of rotatable bonds is 10. The van der Waals surface area contributed by atoms with E-state index in [9.17, 15) is 19.2 Å². The number of methoxy groups -OCH3 is 2. The van der Waals surface area contributed by atoms with E-state index in [1.54, 1.807) is 16.0 Å². The average Bonchev–Trinajstić information content (AvgIpc) is 4.08. The molecule has 5 heterocycles. The first kappa shape index (κ1) is 43.1. The predicted octanol–water partition coefficient (Wildman–Crippen LogP) is 6.30. The minimum atomic E-state index is -0.775. The number of fused-ring (bicyclic) bond motifs is 5. The Hall–Kier alpha value is -6.00. The molecule has 16 heteroatoms. The summed E-state index contributed by atoms with van der Waals surface area (Å²) in [6.07, 6.45) is 2.12. The second kappa shape index (κ2) is 18.7. The van der Waals surface area contributed by atoms with Crippen molar-refractivity contribution < 1.29 is 38.1 Å². The number of ether oxygens (including phenoxy) is 4. The van der Waals surface area contributed by atoms with Crippen LogP contribution in [0.2, 0.25) is 0 Å². The lowest BCUT2D eigenvalue weighted by Crippen LogP contribution is -2.51. The summed E-state index contributed by atoms with van der Waals surface area (Å²) in [7, 11) is 2.56. The molecule has 3 aliphatic heterocycles. The van der Waals surface area contributed by atoms with Crippen molar-refractivity contribution in [1.82, 2.24) is 40.4 Å². The second-order valence-corrected chi connectivity index (χ2v) is 16.6. The third-order valence-corrected chi connectivity index (χ3v) is 11.6. The van der Waals surface area contributed by atoms with Crippen molar-refractivity contribution >= 4 is 24.0 Å². The van der Waals surface area contributed by atoms with Crippen LogP contribution in [0.25, 0.3) is 33.6 Å². The first-order valence-corrected chi connectivity index (χ1v) is 20.9. The fourth-order valence-electron chi connectivity index (χ4n) is 8.28. The minimum absolute atomic E-state index is 0.153. The molecule has 324 valence electrons. The molecule has 0 saturated carbocycles. The Morgan fingerprint density at radius 1 is 0.787 bits per heavy atom. The van der Waals surface area contributed by atoms with Crippen molar-refractivity contribution in [2.24, 2.45) is 11.8 Å². The Bertz CT molecular complexity index is 2210. The Kier molecular flexibility index (Phi) is 13.2. The van der Waals surface area contributed by atoms with E-state index in [2.05, 4.69) is 56.4 Å². The number of imidazole rings is 2. The number of carbonyl (C=O) groups excluding carboxylic acids is 4. The molecule has 7 rings (SSSR count). The summed E-state index contributed by atoms with van der Waals surface area (Å²) in [5.74, 6) is 0.543. The highest BCUT2D eigenvalue weighted by atomic mass is 16.5. The summed E-state index contributed by atoms with van der Waals surface area (Å²) in [6, 6.07) is 14.1. The highest BCUT2D eigenvalue weighted by Crippen LogP contribution is 2.38. The number of aromatic nitrogens is 4. The van der Waals surface area contributed by atoms with Gasteiger partial charge >= 0.3 is 12.2 Å². The molecule has 61 heavy (non-hydrogen) atoms. The average molecular weight is 837 g/mol. The second-order valence-electron chi connectivity index (χ2n) is 16.6. The molecule has 0 spiro atoms. The quantitative estimate of drug-likeness (QED) is 0.132. The number of carbonyl (C=O) groups is 4. The van der Waals surface area contributed by atoms with Crippen LogP contribution in [0.15, 0.2) is 66.9 Å². The molecule has 0 radical (unpaired) electrons. The van der Waals surface area contributed by atoms with Crippen LogP contribution in [-0.2, 0) is 35.1 Å². The van der Waals surface area contributed by atoms with Crippen LogP contribution in [0.5, 0.6) is 0 Å². The van der Waals surface area contributed by atoms with Crippen molar-refractivity contribution in [1.29, 1.82) is 0 Å². The SMILES string of the molecule is C=C1C[C@H](c2ncc(-c3ccc(-c4ccc(-c5nc6[nH]c5COCCCO[C@H]5C[C@@H]6N(C(=O)[C@@H](NC(=O)OC)C(C)C)C5)cc4)cc3)[nH]2)N(C(=O)[C@@H](NC(=O)OC)C(C)C)C1. The lowest BCUT2D eigenvalue weighted by Gasteiger charge is -2.29. The highest BCUT2D eigenvalue weighted by molar-refractivity contribution is 5.87. The molecule has 4 aromatic rings. The molecule has 16 nitrogen and oxygen atoms in total.